The molecule has 0 radical (unpaired) electrons. The first kappa shape index (κ1) is 13.6. The average molecular weight is 272 g/mol. The van der Waals surface area contributed by atoms with Crippen molar-refractivity contribution in [2.24, 2.45) is 0 Å². The van der Waals surface area contributed by atoms with Crippen molar-refractivity contribution >= 4 is 15.9 Å². The van der Waals surface area contributed by atoms with Crippen LogP contribution in [0.5, 0.6) is 0 Å². The lowest BCUT2D eigenvalue weighted by molar-refractivity contribution is 0.605. The van der Waals surface area contributed by atoms with E-state index in [1.54, 1.807) is 36.4 Å². The van der Waals surface area contributed by atoms with Crippen molar-refractivity contribution in [3.05, 3.63) is 70.6 Å². The Hall–Kier alpha value is -1.87. The maximum absolute atomic E-state index is 12.1. The van der Waals surface area contributed by atoms with Gasteiger partial charge in [-0.15, -0.1) is 0 Å². The van der Waals surface area contributed by atoms with E-state index in [0.29, 0.717) is 4.90 Å². The summed E-state index contributed by atoms with van der Waals surface area (Å²) in [6.45, 7) is 3.95. The predicted molar refractivity (Wildman–Crippen MR) is 78.6 cm³/mol. The normalized spacial score (nSPS) is 11.9. The first-order chi connectivity index (χ1) is 9.00. The molecular weight excluding hydrogens is 256 g/mol. The van der Waals surface area contributed by atoms with Gasteiger partial charge in [0.2, 0.25) is 0 Å². The summed E-state index contributed by atoms with van der Waals surface area (Å²) in [6, 6.07) is 14.4. The van der Waals surface area contributed by atoms with Gasteiger partial charge >= 0.3 is 0 Å². The SMILES string of the molecule is Cc1cccc(C)c1/C=C\S(=O)(=O)c1ccccc1. The number of benzene rings is 2. The molecule has 2 aromatic rings. The van der Waals surface area contributed by atoms with Gasteiger partial charge in [0.25, 0.3) is 0 Å². The van der Waals surface area contributed by atoms with Crippen LogP contribution in [0.15, 0.2) is 58.8 Å². The van der Waals surface area contributed by atoms with Crippen molar-refractivity contribution in [3.63, 3.8) is 0 Å². The van der Waals surface area contributed by atoms with Crippen LogP contribution in [0.3, 0.4) is 0 Å². The molecule has 0 spiro atoms. The largest absolute Gasteiger partial charge is 0.219 e. The molecule has 0 heterocycles. The Bertz CT molecular complexity index is 679. The second-order valence-corrected chi connectivity index (χ2v) is 6.30. The van der Waals surface area contributed by atoms with E-state index in [1.165, 1.54) is 5.41 Å². The molecule has 0 N–H and O–H groups in total. The molecule has 2 aromatic carbocycles. The average Bonchev–Trinajstić information content (AvgIpc) is 2.39. The van der Waals surface area contributed by atoms with Gasteiger partial charge in [0.15, 0.2) is 9.84 Å². The minimum absolute atomic E-state index is 0.317. The molecule has 0 atom stereocenters. The van der Waals surface area contributed by atoms with Crippen LogP contribution in [0.2, 0.25) is 0 Å². The molecule has 0 aliphatic carbocycles. The summed E-state index contributed by atoms with van der Waals surface area (Å²) in [5.74, 6) is 0. The van der Waals surface area contributed by atoms with Crippen molar-refractivity contribution in [3.8, 4) is 0 Å². The number of aryl methyl sites for hydroxylation is 2. The molecule has 3 heteroatoms. The Balaban J connectivity index is 2.39. The predicted octanol–water partition coefficient (Wildman–Crippen LogP) is 3.75. The second kappa shape index (κ2) is 5.41. The molecule has 0 aromatic heterocycles. The molecule has 2 nitrogen and oxygen atoms in total. The maximum Gasteiger partial charge on any atom is 0.199 e. The number of hydrogen-bond donors (Lipinski definition) is 0. The summed E-state index contributed by atoms with van der Waals surface area (Å²) >= 11 is 0. The first-order valence-electron chi connectivity index (χ1n) is 6.05. The summed E-state index contributed by atoms with van der Waals surface area (Å²) < 4.78 is 24.3. The molecule has 0 aliphatic rings. The summed E-state index contributed by atoms with van der Waals surface area (Å²) in [5.41, 5.74) is 3.10. The Morgan fingerprint density at radius 2 is 1.42 bits per heavy atom. The highest BCUT2D eigenvalue weighted by Gasteiger charge is 2.09. The van der Waals surface area contributed by atoms with Crippen LogP contribution in [0.1, 0.15) is 16.7 Å². The van der Waals surface area contributed by atoms with Gasteiger partial charge in [-0.1, -0.05) is 36.4 Å². The van der Waals surface area contributed by atoms with E-state index in [0.717, 1.165) is 16.7 Å². The smallest absolute Gasteiger partial charge is 0.199 e. The molecule has 0 saturated carbocycles. The monoisotopic (exact) mass is 272 g/mol. The quantitative estimate of drug-likeness (QED) is 0.852. The molecule has 0 amide bonds. The Morgan fingerprint density at radius 3 is 2.00 bits per heavy atom. The summed E-state index contributed by atoms with van der Waals surface area (Å²) in [4.78, 5) is 0.317. The highest BCUT2D eigenvalue weighted by Crippen LogP contribution is 2.18. The summed E-state index contributed by atoms with van der Waals surface area (Å²) in [5, 5.41) is 1.28. The highest BCUT2D eigenvalue weighted by atomic mass is 32.2. The van der Waals surface area contributed by atoms with Crippen molar-refractivity contribution in [2.45, 2.75) is 18.7 Å². The molecule has 0 saturated heterocycles. The van der Waals surface area contributed by atoms with Crippen LogP contribution < -0.4 is 0 Å². The highest BCUT2D eigenvalue weighted by molar-refractivity contribution is 7.94. The van der Waals surface area contributed by atoms with Gasteiger partial charge in [-0.2, -0.15) is 0 Å². The second-order valence-electron chi connectivity index (χ2n) is 4.47. The third kappa shape index (κ3) is 3.12. The van der Waals surface area contributed by atoms with E-state index in [9.17, 15) is 8.42 Å². The molecule has 0 fully saturated rings. The minimum Gasteiger partial charge on any atom is -0.219 e. The van der Waals surface area contributed by atoms with Crippen molar-refractivity contribution in [1.82, 2.24) is 0 Å². The van der Waals surface area contributed by atoms with Crippen LogP contribution in [-0.2, 0) is 9.84 Å². The van der Waals surface area contributed by atoms with Gasteiger partial charge in [0, 0.05) is 5.41 Å². The number of hydrogen-bond acceptors (Lipinski definition) is 2. The van der Waals surface area contributed by atoms with Gasteiger partial charge in [-0.3, -0.25) is 0 Å². The fraction of sp³-hybridized carbons (Fsp3) is 0.125. The van der Waals surface area contributed by atoms with Crippen LogP contribution in [0.25, 0.3) is 6.08 Å². The lowest BCUT2D eigenvalue weighted by Gasteiger charge is -2.04. The minimum atomic E-state index is -3.37. The third-order valence-electron chi connectivity index (χ3n) is 3.03. The van der Waals surface area contributed by atoms with Gasteiger partial charge in [0.1, 0.15) is 0 Å². The van der Waals surface area contributed by atoms with Crippen LogP contribution in [0, 0.1) is 13.8 Å². The Labute approximate surface area is 114 Å². The zero-order valence-electron chi connectivity index (χ0n) is 11.0. The van der Waals surface area contributed by atoms with Crippen molar-refractivity contribution in [1.29, 1.82) is 0 Å². The van der Waals surface area contributed by atoms with Gasteiger partial charge in [-0.25, -0.2) is 8.42 Å². The zero-order chi connectivity index (χ0) is 13.9. The molecule has 19 heavy (non-hydrogen) atoms. The van der Waals surface area contributed by atoms with E-state index >= 15 is 0 Å². The fourth-order valence-electron chi connectivity index (χ4n) is 1.94. The van der Waals surface area contributed by atoms with Crippen LogP contribution >= 0.6 is 0 Å². The molecule has 98 valence electrons. The number of rotatable bonds is 3. The van der Waals surface area contributed by atoms with Crippen molar-refractivity contribution in [2.75, 3.05) is 0 Å². The van der Waals surface area contributed by atoms with E-state index in [4.69, 9.17) is 0 Å². The molecular formula is C16H16O2S. The van der Waals surface area contributed by atoms with Gasteiger partial charge < -0.3 is 0 Å². The molecule has 0 aliphatic heterocycles. The number of sulfone groups is 1. The maximum atomic E-state index is 12.1. The molecule has 0 bridgehead atoms. The summed E-state index contributed by atoms with van der Waals surface area (Å²) in [7, 11) is -3.37. The lowest BCUT2D eigenvalue weighted by Crippen LogP contribution is -1.96. The van der Waals surface area contributed by atoms with Gasteiger partial charge in [0.05, 0.1) is 4.90 Å². The van der Waals surface area contributed by atoms with E-state index in [-0.39, 0.29) is 0 Å². The van der Waals surface area contributed by atoms with Gasteiger partial charge in [-0.05, 0) is 48.7 Å². The van der Waals surface area contributed by atoms with Crippen molar-refractivity contribution < 1.29 is 8.42 Å². The zero-order valence-corrected chi connectivity index (χ0v) is 11.8. The standard InChI is InChI=1S/C16H16O2S/c1-13-7-6-8-14(2)16(13)11-12-19(17,18)15-9-4-3-5-10-15/h3-12H,1-2H3/b12-11-. The van der Waals surface area contributed by atoms with E-state index in [1.807, 2.05) is 32.0 Å². The van der Waals surface area contributed by atoms with E-state index < -0.39 is 9.84 Å². The lowest BCUT2D eigenvalue weighted by atomic mass is 10.0. The summed E-state index contributed by atoms with van der Waals surface area (Å²) in [6.07, 6.45) is 1.67. The molecule has 0 unspecified atom stereocenters. The Kier molecular flexibility index (Phi) is 3.86. The van der Waals surface area contributed by atoms with E-state index in [2.05, 4.69) is 0 Å². The van der Waals surface area contributed by atoms with Crippen LogP contribution in [-0.4, -0.2) is 8.42 Å². The topological polar surface area (TPSA) is 34.1 Å². The van der Waals surface area contributed by atoms with Crippen LogP contribution in [0.4, 0.5) is 0 Å². The third-order valence-corrected chi connectivity index (χ3v) is 4.45. The first-order valence-corrected chi connectivity index (χ1v) is 7.60. The Morgan fingerprint density at radius 1 is 0.842 bits per heavy atom. The fourth-order valence-corrected chi connectivity index (χ4v) is 2.95. The molecule has 2 rings (SSSR count).